The van der Waals surface area contributed by atoms with Gasteiger partial charge >= 0.3 is 0 Å². The highest BCUT2D eigenvalue weighted by molar-refractivity contribution is 5.26. The second-order valence-electron chi connectivity index (χ2n) is 7.29. The Morgan fingerprint density at radius 2 is 2.18 bits per heavy atom. The van der Waals surface area contributed by atoms with Crippen LogP contribution in [0.15, 0.2) is 24.3 Å². The molecule has 3 rings (SSSR count). The number of epoxide rings is 2. The van der Waals surface area contributed by atoms with Crippen molar-refractivity contribution in [1.29, 1.82) is 0 Å². The summed E-state index contributed by atoms with van der Waals surface area (Å²) in [7, 11) is 1.79. The van der Waals surface area contributed by atoms with Crippen molar-refractivity contribution in [1.82, 2.24) is 0 Å². The third kappa shape index (κ3) is 2.79. The van der Waals surface area contributed by atoms with Crippen LogP contribution in [0.25, 0.3) is 0 Å². The van der Waals surface area contributed by atoms with E-state index in [2.05, 4.69) is 32.6 Å². The van der Waals surface area contributed by atoms with Crippen LogP contribution in [-0.2, 0) is 14.2 Å². The average molecular weight is 306 g/mol. The molecule has 0 unspecified atom stereocenters. The predicted octanol–water partition coefficient (Wildman–Crippen LogP) is 4.03. The molecule has 0 aromatic carbocycles. The molecule has 0 aromatic heterocycles. The first kappa shape index (κ1) is 16.2. The highest BCUT2D eigenvalue weighted by atomic mass is 16.6. The lowest BCUT2D eigenvalue weighted by Crippen LogP contribution is -2.49. The maximum Gasteiger partial charge on any atom is 0.101 e. The molecule has 0 N–H and O–H groups in total. The van der Waals surface area contributed by atoms with Gasteiger partial charge in [0.25, 0.3) is 0 Å². The van der Waals surface area contributed by atoms with Crippen LogP contribution in [0.1, 0.15) is 52.4 Å². The lowest BCUT2D eigenvalue weighted by molar-refractivity contribution is -0.0198. The molecule has 0 amide bonds. The Morgan fingerprint density at radius 1 is 1.41 bits per heavy atom. The number of allylic oxidation sites excluding steroid dienone is 1. The zero-order valence-electron chi connectivity index (χ0n) is 14.3. The summed E-state index contributed by atoms with van der Waals surface area (Å²) < 4.78 is 17.8. The van der Waals surface area contributed by atoms with E-state index in [0.29, 0.717) is 6.10 Å². The van der Waals surface area contributed by atoms with E-state index >= 15 is 0 Å². The van der Waals surface area contributed by atoms with E-state index in [4.69, 9.17) is 14.2 Å². The molecule has 1 saturated carbocycles. The molecule has 0 aromatic rings. The van der Waals surface area contributed by atoms with Crippen molar-refractivity contribution >= 4 is 0 Å². The molecule has 3 fully saturated rings. The van der Waals surface area contributed by atoms with Crippen molar-refractivity contribution in [2.45, 2.75) is 75.8 Å². The van der Waals surface area contributed by atoms with Crippen LogP contribution in [0.3, 0.4) is 0 Å². The highest BCUT2D eigenvalue weighted by Crippen LogP contribution is 2.59. The molecule has 1 spiro atoms. The molecule has 0 radical (unpaired) electrons. The molecule has 2 aliphatic heterocycles. The Balaban J connectivity index is 1.64. The van der Waals surface area contributed by atoms with Gasteiger partial charge in [0.2, 0.25) is 0 Å². The molecule has 0 bridgehead atoms. The van der Waals surface area contributed by atoms with Gasteiger partial charge in [-0.3, -0.25) is 0 Å². The fourth-order valence-corrected chi connectivity index (χ4v) is 4.21. The van der Waals surface area contributed by atoms with E-state index in [1.54, 1.807) is 7.11 Å². The van der Waals surface area contributed by atoms with Gasteiger partial charge in [-0.2, -0.15) is 0 Å². The quantitative estimate of drug-likeness (QED) is 0.404. The van der Waals surface area contributed by atoms with Gasteiger partial charge in [0.15, 0.2) is 0 Å². The maximum atomic E-state index is 6.15. The van der Waals surface area contributed by atoms with E-state index < -0.39 is 0 Å². The first-order valence-electron chi connectivity index (χ1n) is 8.74. The van der Waals surface area contributed by atoms with Crippen LogP contribution in [-0.4, -0.2) is 37.1 Å². The van der Waals surface area contributed by atoms with E-state index in [-0.39, 0.29) is 23.2 Å². The topological polar surface area (TPSA) is 34.3 Å². The lowest BCUT2D eigenvalue weighted by atomic mass is 9.68. The first-order valence-corrected chi connectivity index (χ1v) is 8.74. The monoisotopic (exact) mass is 306 g/mol. The summed E-state index contributed by atoms with van der Waals surface area (Å²) >= 11 is 0. The van der Waals surface area contributed by atoms with Crippen LogP contribution in [0, 0.1) is 5.92 Å². The standard InChI is InChI=1S/C19H30O3/c1-5-6-7-8-9-10-15-18(3,22-15)17-16(20-4)14(2)11-12-19(17)13-21-19/h8-9,15-17H,2,5-7,10-13H2,1,3-4H3/t15-,16-,17-,18+,19+/m1/s1. The molecule has 1 aliphatic carbocycles. The summed E-state index contributed by atoms with van der Waals surface area (Å²) in [6.45, 7) is 9.53. The zero-order valence-corrected chi connectivity index (χ0v) is 14.3. The molecule has 3 nitrogen and oxygen atoms in total. The molecular formula is C19H30O3. The van der Waals surface area contributed by atoms with Crippen LogP contribution in [0.2, 0.25) is 0 Å². The number of hydrogen-bond acceptors (Lipinski definition) is 3. The van der Waals surface area contributed by atoms with Crippen LogP contribution in [0.5, 0.6) is 0 Å². The minimum absolute atomic E-state index is 0.0166. The smallest absolute Gasteiger partial charge is 0.101 e. The van der Waals surface area contributed by atoms with Gasteiger partial charge in [-0.05, 0) is 38.2 Å². The molecule has 124 valence electrons. The second kappa shape index (κ2) is 6.10. The normalized spacial score (nSPS) is 44.0. The number of rotatable bonds is 7. The van der Waals surface area contributed by atoms with Crippen LogP contribution < -0.4 is 0 Å². The molecule has 3 heteroatoms. The van der Waals surface area contributed by atoms with Crippen LogP contribution >= 0.6 is 0 Å². The van der Waals surface area contributed by atoms with Gasteiger partial charge in [0.1, 0.15) is 11.2 Å². The van der Waals surface area contributed by atoms with Crippen molar-refractivity contribution in [3.63, 3.8) is 0 Å². The van der Waals surface area contributed by atoms with Crippen molar-refractivity contribution in [3.05, 3.63) is 24.3 Å². The lowest BCUT2D eigenvalue weighted by Gasteiger charge is -2.39. The Bertz CT molecular complexity index is 452. The largest absolute Gasteiger partial charge is 0.377 e. The van der Waals surface area contributed by atoms with Gasteiger partial charge in [-0.25, -0.2) is 0 Å². The van der Waals surface area contributed by atoms with E-state index in [1.807, 2.05) is 0 Å². The fourth-order valence-electron chi connectivity index (χ4n) is 4.21. The molecule has 2 saturated heterocycles. The number of hydrogen-bond donors (Lipinski definition) is 0. The third-order valence-corrected chi connectivity index (χ3v) is 5.75. The molecule has 5 atom stereocenters. The summed E-state index contributed by atoms with van der Waals surface area (Å²) in [5, 5.41) is 0. The average Bonchev–Trinajstić information content (AvgIpc) is 3.40. The highest BCUT2D eigenvalue weighted by Gasteiger charge is 2.70. The first-order chi connectivity index (χ1) is 10.6. The van der Waals surface area contributed by atoms with Gasteiger partial charge in [0.05, 0.1) is 24.7 Å². The van der Waals surface area contributed by atoms with Crippen molar-refractivity contribution in [2.24, 2.45) is 5.92 Å². The summed E-state index contributed by atoms with van der Waals surface area (Å²) in [5.74, 6) is 0.278. The Labute approximate surface area is 134 Å². The Hall–Kier alpha value is -0.640. The number of unbranched alkanes of at least 4 members (excludes halogenated alkanes) is 2. The Morgan fingerprint density at radius 3 is 2.82 bits per heavy atom. The predicted molar refractivity (Wildman–Crippen MR) is 87.9 cm³/mol. The minimum Gasteiger partial charge on any atom is -0.377 e. The SMILES string of the molecule is C=C1CC[C@]2(CO2)[C@@H]([C@@]2(C)O[C@@H]2CC=CCCCC)[C@@H]1OC. The molecule has 22 heavy (non-hydrogen) atoms. The van der Waals surface area contributed by atoms with Gasteiger partial charge in [0, 0.05) is 7.11 Å². The summed E-state index contributed by atoms with van der Waals surface area (Å²) in [6.07, 6.45) is 11.7. The van der Waals surface area contributed by atoms with E-state index in [1.165, 1.54) is 24.8 Å². The zero-order chi connectivity index (χ0) is 15.8. The van der Waals surface area contributed by atoms with Crippen molar-refractivity contribution in [2.75, 3.05) is 13.7 Å². The summed E-state index contributed by atoms with van der Waals surface area (Å²) in [4.78, 5) is 0. The molecule has 2 heterocycles. The van der Waals surface area contributed by atoms with Crippen molar-refractivity contribution in [3.8, 4) is 0 Å². The number of ether oxygens (including phenoxy) is 3. The summed E-state index contributed by atoms with van der Waals surface area (Å²) in [6, 6.07) is 0. The Kier molecular flexibility index (Phi) is 4.50. The second-order valence-corrected chi connectivity index (χ2v) is 7.29. The van der Waals surface area contributed by atoms with Gasteiger partial charge < -0.3 is 14.2 Å². The minimum atomic E-state index is -0.129. The molecule has 3 aliphatic rings. The number of methoxy groups -OCH3 is 1. The van der Waals surface area contributed by atoms with E-state index in [9.17, 15) is 0 Å². The van der Waals surface area contributed by atoms with Crippen LogP contribution in [0.4, 0.5) is 0 Å². The van der Waals surface area contributed by atoms with E-state index in [0.717, 1.165) is 25.9 Å². The van der Waals surface area contributed by atoms with Gasteiger partial charge in [-0.1, -0.05) is 38.5 Å². The molecular weight excluding hydrogens is 276 g/mol. The fraction of sp³-hybridized carbons (Fsp3) is 0.789. The van der Waals surface area contributed by atoms with Crippen molar-refractivity contribution < 1.29 is 14.2 Å². The summed E-state index contributed by atoms with van der Waals surface area (Å²) in [5.41, 5.74) is 1.05. The maximum absolute atomic E-state index is 6.15. The van der Waals surface area contributed by atoms with Gasteiger partial charge in [-0.15, -0.1) is 0 Å². The third-order valence-electron chi connectivity index (χ3n) is 5.75.